The first kappa shape index (κ1) is 22.7. The Morgan fingerprint density at radius 1 is 0.903 bits per heavy atom. The van der Waals surface area contributed by atoms with E-state index >= 15 is 0 Å². The van der Waals surface area contributed by atoms with Crippen molar-refractivity contribution in [2.24, 2.45) is 0 Å². The number of rotatable bonds is 12. The first-order chi connectivity index (χ1) is 15.1. The number of hydrogen-bond acceptors (Lipinski definition) is 6. The SMILES string of the molecule is COc1ccc(Oc2c(OC)cc(NCCCCCNC(C)C)c3ncccc23)cc1. The van der Waals surface area contributed by atoms with Crippen molar-refractivity contribution >= 4 is 16.6 Å². The van der Waals surface area contributed by atoms with Crippen molar-refractivity contribution in [3.63, 3.8) is 0 Å². The second kappa shape index (κ2) is 11.4. The number of anilines is 1. The molecule has 0 aliphatic rings. The minimum atomic E-state index is 0.543. The number of ether oxygens (including phenoxy) is 3. The lowest BCUT2D eigenvalue weighted by atomic mass is 10.1. The lowest BCUT2D eigenvalue weighted by molar-refractivity contribution is 0.380. The van der Waals surface area contributed by atoms with Crippen LogP contribution in [0.2, 0.25) is 0 Å². The molecule has 1 aromatic heterocycles. The van der Waals surface area contributed by atoms with Crippen molar-refractivity contribution in [2.45, 2.75) is 39.2 Å². The van der Waals surface area contributed by atoms with Gasteiger partial charge in [-0.3, -0.25) is 4.98 Å². The van der Waals surface area contributed by atoms with Gasteiger partial charge < -0.3 is 24.8 Å². The fourth-order valence-electron chi connectivity index (χ4n) is 3.39. The van der Waals surface area contributed by atoms with Crippen LogP contribution in [0, 0.1) is 0 Å². The molecule has 6 heteroatoms. The Balaban J connectivity index is 1.74. The third-order valence-electron chi connectivity index (χ3n) is 5.03. The van der Waals surface area contributed by atoms with Gasteiger partial charge in [0.05, 0.1) is 25.4 Å². The average molecular weight is 424 g/mol. The molecule has 1 heterocycles. The molecule has 0 spiro atoms. The monoisotopic (exact) mass is 423 g/mol. The molecule has 0 bridgehead atoms. The smallest absolute Gasteiger partial charge is 0.178 e. The molecule has 0 aliphatic carbocycles. The molecular formula is C25H33N3O3. The third-order valence-corrected chi connectivity index (χ3v) is 5.03. The van der Waals surface area contributed by atoms with Crippen LogP contribution in [0.3, 0.4) is 0 Å². The van der Waals surface area contributed by atoms with Gasteiger partial charge in [0, 0.05) is 30.2 Å². The number of hydrogen-bond donors (Lipinski definition) is 2. The number of pyridine rings is 1. The maximum absolute atomic E-state index is 6.20. The van der Waals surface area contributed by atoms with Crippen LogP contribution in [-0.2, 0) is 0 Å². The van der Waals surface area contributed by atoms with Gasteiger partial charge in [-0.05, 0) is 55.8 Å². The molecule has 2 aromatic carbocycles. The summed E-state index contributed by atoms with van der Waals surface area (Å²) in [6.07, 6.45) is 5.25. The maximum Gasteiger partial charge on any atom is 0.178 e. The van der Waals surface area contributed by atoms with Crippen molar-refractivity contribution in [2.75, 3.05) is 32.6 Å². The molecule has 0 radical (unpaired) electrons. The predicted octanol–water partition coefficient (Wildman–Crippen LogP) is 5.62. The molecule has 3 aromatic rings. The van der Waals surface area contributed by atoms with Gasteiger partial charge in [0.2, 0.25) is 0 Å². The Morgan fingerprint density at radius 3 is 2.35 bits per heavy atom. The van der Waals surface area contributed by atoms with Gasteiger partial charge in [-0.2, -0.15) is 0 Å². The highest BCUT2D eigenvalue weighted by Gasteiger charge is 2.16. The van der Waals surface area contributed by atoms with Gasteiger partial charge in [0.25, 0.3) is 0 Å². The summed E-state index contributed by atoms with van der Waals surface area (Å²) >= 11 is 0. The molecule has 166 valence electrons. The second-order valence-electron chi connectivity index (χ2n) is 7.73. The van der Waals surface area contributed by atoms with E-state index in [1.807, 2.05) is 42.5 Å². The number of nitrogens with one attached hydrogen (secondary N) is 2. The number of benzene rings is 2. The van der Waals surface area contributed by atoms with Gasteiger partial charge in [-0.25, -0.2) is 0 Å². The minimum absolute atomic E-state index is 0.543. The van der Waals surface area contributed by atoms with Gasteiger partial charge in [0.15, 0.2) is 11.5 Å². The van der Waals surface area contributed by atoms with E-state index in [9.17, 15) is 0 Å². The summed E-state index contributed by atoms with van der Waals surface area (Å²) in [5.41, 5.74) is 1.82. The second-order valence-corrected chi connectivity index (χ2v) is 7.73. The summed E-state index contributed by atoms with van der Waals surface area (Å²) < 4.78 is 17.1. The van der Waals surface area contributed by atoms with Crippen LogP contribution in [0.5, 0.6) is 23.0 Å². The summed E-state index contributed by atoms with van der Waals surface area (Å²) in [5.74, 6) is 2.81. The number of fused-ring (bicyclic) bond motifs is 1. The van der Waals surface area contributed by atoms with Crippen molar-refractivity contribution < 1.29 is 14.2 Å². The normalized spacial score (nSPS) is 11.0. The Hall–Kier alpha value is -2.99. The zero-order valence-electron chi connectivity index (χ0n) is 18.9. The maximum atomic E-state index is 6.20. The number of aromatic nitrogens is 1. The molecule has 0 aliphatic heterocycles. The van der Waals surface area contributed by atoms with Crippen molar-refractivity contribution in [1.29, 1.82) is 0 Å². The molecule has 31 heavy (non-hydrogen) atoms. The molecule has 0 atom stereocenters. The van der Waals surface area contributed by atoms with E-state index in [0.29, 0.717) is 23.3 Å². The van der Waals surface area contributed by atoms with Crippen LogP contribution in [0.25, 0.3) is 10.9 Å². The number of nitrogens with zero attached hydrogens (tertiary/aromatic N) is 1. The first-order valence-corrected chi connectivity index (χ1v) is 10.9. The zero-order chi connectivity index (χ0) is 22.1. The van der Waals surface area contributed by atoms with Gasteiger partial charge in [-0.1, -0.05) is 20.3 Å². The lowest BCUT2D eigenvalue weighted by Gasteiger charge is -2.17. The van der Waals surface area contributed by atoms with Crippen molar-refractivity contribution in [3.8, 4) is 23.0 Å². The topological polar surface area (TPSA) is 64.6 Å². The Labute approximate surface area is 184 Å². The molecule has 3 rings (SSSR count). The summed E-state index contributed by atoms with van der Waals surface area (Å²) in [4.78, 5) is 4.61. The van der Waals surface area contributed by atoms with Crippen LogP contribution in [0.1, 0.15) is 33.1 Å². The molecule has 6 nitrogen and oxygen atoms in total. The molecule has 2 N–H and O–H groups in total. The highest BCUT2D eigenvalue weighted by atomic mass is 16.5. The van der Waals surface area contributed by atoms with E-state index in [0.717, 1.165) is 41.9 Å². The minimum Gasteiger partial charge on any atom is -0.497 e. The van der Waals surface area contributed by atoms with E-state index in [-0.39, 0.29) is 0 Å². The highest BCUT2D eigenvalue weighted by molar-refractivity contribution is 5.97. The number of unbranched alkanes of at least 4 members (excludes halogenated alkanes) is 2. The quantitative estimate of drug-likeness (QED) is 0.368. The fourth-order valence-corrected chi connectivity index (χ4v) is 3.39. The molecular weight excluding hydrogens is 390 g/mol. The molecule has 0 amide bonds. The standard InChI is InChI=1S/C25H33N3O3/c1-18(2)26-14-6-5-7-15-27-22-17-23(30-4)25(21-9-8-16-28-24(21)22)31-20-12-10-19(29-3)11-13-20/h8-13,16-18,26-27H,5-7,14-15H2,1-4H3. The van der Waals surface area contributed by atoms with E-state index in [1.165, 1.54) is 12.8 Å². The zero-order valence-corrected chi connectivity index (χ0v) is 18.9. The van der Waals surface area contributed by atoms with Gasteiger partial charge in [-0.15, -0.1) is 0 Å². The number of methoxy groups -OCH3 is 2. The average Bonchev–Trinajstić information content (AvgIpc) is 2.79. The van der Waals surface area contributed by atoms with E-state index in [4.69, 9.17) is 14.2 Å². The van der Waals surface area contributed by atoms with Gasteiger partial charge >= 0.3 is 0 Å². The fraction of sp³-hybridized carbons (Fsp3) is 0.400. The summed E-state index contributed by atoms with van der Waals surface area (Å²) in [5, 5.41) is 7.90. The van der Waals surface area contributed by atoms with Crippen LogP contribution >= 0.6 is 0 Å². The molecule has 0 saturated carbocycles. The van der Waals surface area contributed by atoms with Gasteiger partial charge in [0.1, 0.15) is 11.5 Å². The molecule has 0 saturated heterocycles. The Kier molecular flexibility index (Phi) is 8.35. The van der Waals surface area contributed by atoms with Crippen LogP contribution in [-0.4, -0.2) is 38.3 Å². The molecule has 0 unspecified atom stereocenters. The van der Waals surface area contributed by atoms with Crippen LogP contribution in [0.4, 0.5) is 5.69 Å². The van der Waals surface area contributed by atoms with E-state index < -0.39 is 0 Å². The van der Waals surface area contributed by atoms with Crippen LogP contribution in [0.15, 0.2) is 48.7 Å². The van der Waals surface area contributed by atoms with E-state index in [2.05, 4.69) is 29.5 Å². The summed E-state index contributed by atoms with van der Waals surface area (Å²) in [6.45, 7) is 6.30. The van der Waals surface area contributed by atoms with E-state index in [1.54, 1.807) is 20.4 Å². The van der Waals surface area contributed by atoms with Crippen LogP contribution < -0.4 is 24.8 Å². The van der Waals surface area contributed by atoms with Crippen molar-refractivity contribution in [1.82, 2.24) is 10.3 Å². The largest absolute Gasteiger partial charge is 0.497 e. The summed E-state index contributed by atoms with van der Waals surface area (Å²) in [7, 11) is 3.30. The highest BCUT2D eigenvalue weighted by Crippen LogP contribution is 2.42. The lowest BCUT2D eigenvalue weighted by Crippen LogP contribution is -2.23. The summed E-state index contributed by atoms with van der Waals surface area (Å²) in [6, 6.07) is 13.9. The Bertz CT molecular complexity index is 958. The third kappa shape index (κ3) is 6.25. The van der Waals surface area contributed by atoms with Crippen molar-refractivity contribution in [3.05, 3.63) is 48.7 Å². The first-order valence-electron chi connectivity index (χ1n) is 10.9. The Morgan fingerprint density at radius 2 is 1.65 bits per heavy atom. The predicted molar refractivity (Wildman–Crippen MR) is 127 cm³/mol. The molecule has 0 fully saturated rings.